The molecule has 0 aliphatic heterocycles. The summed E-state index contributed by atoms with van der Waals surface area (Å²) in [5, 5.41) is 2.87. The lowest BCUT2D eigenvalue weighted by Crippen LogP contribution is -2.45. The van der Waals surface area contributed by atoms with Crippen LogP contribution in [0.25, 0.3) is 0 Å². The Balaban J connectivity index is 3.96. The highest BCUT2D eigenvalue weighted by Crippen LogP contribution is 2.01. The number of hydrogen-bond acceptors (Lipinski definition) is 3. The minimum atomic E-state index is -0.573. The summed E-state index contributed by atoms with van der Waals surface area (Å²) in [6.07, 6.45) is 8.29. The second kappa shape index (κ2) is 7.72. The minimum absolute atomic E-state index is 0.149. The van der Waals surface area contributed by atoms with E-state index in [1.165, 1.54) is 0 Å². The number of terminal acetylenes is 1. The van der Waals surface area contributed by atoms with Gasteiger partial charge in [0.25, 0.3) is 0 Å². The highest BCUT2D eigenvalue weighted by atomic mass is 32.2. The molecule has 0 aromatic rings. The summed E-state index contributed by atoms with van der Waals surface area (Å²) in [6.45, 7) is 2.04. The maximum atomic E-state index is 11.4. The minimum Gasteiger partial charge on any atom is -0.351 e. The Bertz CT molecular complexity index is 213. The molecule has 0 aliphatic rings. The van der Waals surface area contributed by atoms with E-state index in [1.807, 2.05) is 13.2 Å². The zero-order valence-corrected chi connectivity index (χ0v) is 9.56. The zero-order chi connectivity index (χ0) is 11.0. The van der Waals surface area contributed by atoms with E-state index < -0.39 is 6.04 Å². The molecule has 3 N–H and O–H groups in total. The Labute approximate surface area is 90.2 Å². The van der Waals surface area contributed by atoms with Crippen LogP contribution in [-0.2, 0) is 4.79 Å². The van der Waals surface area contributed by atoms with E-state index in [1.54, 1.807) is 11.8 Å². The molecule has 0 saturated carbocycles. The molecule has 0 aromatic heterocycles. The second-order valence-corrected chi connectivity index (χ2v) is 3.99. The Kier molecular flexibility index (Phi) is 7.35. The average molecular weight is 214 g/mol. The summed E-state index contributed by atoms with van der Waals surface area (Å²) in [6, 6.07) is -0.378. The van der Waals surface area contributed by atoms with Crippen LogP contribution in [0.2, 0.25) is 0 Å². The van der Waals surface area contributed by atoms with Crippen LogP contribution in [0, 0.1) is 12.3 Å². The van der Waals surface area contributed by atoms with E-state index in [2.05, 4.69) is 11.2 Å². The van der Waals surface area contributed by atoms with Crippen LogP contribution < -0.4 is 11.1 Å². The quantitative estimate of drug-likeness (QED) is 0.636. The number of carbonyl (C=O) groups is 1. The van der Waals surface area contributed by atoms with Crippen molar-refractivity contribution in [2.24, 2.45) is 5.73 Å². The van der Waals surface area contributed by atoms with Crippen LogP contribution in [0.15, 0.2) is 0 Å². The van der Waals surface area contributed by atoms with Gasteiger partial charge in [0.05, 0.1) is 6.04 Å². The molecule has 0 aliphatic carbocycles. The Morgan fingerprint density at radius 2 is 2.36 bits per heavy atom. The first-order valence-corrected chi connectivity index (χ1v) is 6.03. The molecule has 2 unspecified atom stereocenters. The third-order valence-electron chi connectivity index (χ3n) is 1.88. The lowest BCUT2D eigenvalue weighted by atomic mass is 10.2. The average Bonchev–Trinajstić information content (AvgIpc) is 2.17. The van der Waals surface area contributed by atoms with Crippen molar-refractivity contribution < 1.29 is 4.79 Å². The van der Waals surface area contributed by atoms with E-state index in [0.29, 0.717) is 6.42 Å². The van der Waals surface area contributed by atoms with Crippen molar-refractivity contribution >= 4 is 17.7 Å². The molecule has 0 spiro atoms. The van der Waals surface area contributed by atoms with Crippen molar-refractivity contribution in [1.82, 2.24) is 5.32 Å². The smallest absolute Gasteiger partial charge is 0.238 e. The number of carbonyl (C=O) groups excluding carboxylic acids is 1. The van der Waals surface area contributed by atoms with Crippen LogP contribution in [0.1, 0.15) is 19.8 Å². The maximum absolute atomic E-state index is 11.4. The molecular formula is C10H18N2OS. The van der Waals surface area contributed by atoms with Crippen LogP contribution in [0.4, 0.5) is 0 Å². The van der Waals surface area contributed by atoms with Gasteiger partial charge in [-0.2, -0.15) is 11.8 Å². The molecular weight excluding hydrogens is 196 g/mol. The maximum Gasteiger partial charge on any atom is 0.238 e. The van der Waals surface area contributed by atoms with Crippen molar-refractivity contribution in [2.75, 3.05) is 12.0 Å². The summed E-state index contributed by atoms with van der Waals surface area (Å²) in [7, 11) is 0. The molecule has 3 nitrogen and oxygen atoms in total. The standard InChI is InChI=1S/C10H18N2OS/c1-4-6-9(11)10(13)12-8(5-2)7-14-3/h1,8-9H,5-7,11H2,2-3H3,(H,12,13). The van der Waals surface area contributed by atoms with Gasteiger partial charge in [-0.3, -0.25) is 4.79 Å². The molecule has 0 aromatic carbocycles. The van der Waals surface area contributed by atoms with Crippen LogP contribution in [0.5, 0.6) is 0 Å². The van der Waals surface area contributed by atoms with Crippen LogP contribution >= 0.6 is 11.8 Å². The van der Waals surface area contributed by atoms with E-state index in [4.69, 9.17) is 12.2 Å². The lowest BCUT2D eigenvalue weighted by molar-refractivity contribution is -0.122. The lowest BCUT2D eigenvalue weighted by Gasteiger charge is -2.17. The molecule has 4 heteroatoms. The zero-order valence-electron chi connectivity index (χ0n) is 8.75. The van der Waals surface area contributed by atoms with Crippen LogP contribution in [0.3, 0.4) is 0 Å². The second-order valence-electron chi connectivity index (χ2n) is 3.08. The number of hydrogen-bond donors (Lipinski definition) is 2. The molecule has 0 rings (SSSR count). The third kappa shape index (κ3) is 5.15. The summed E-state index contributed by atoms with van der Waals surface area (Å²) < 4.78 is 0. The van der Waals surface area contributed by atoms with E-state index in [9.17, 15) is 4.79 Å². The predicted molar refractivity (Wildman–Crippen MR) is 62.0 cm³/mol. The molecule has 0 saturated heterocycles. The van der Waals surface area contributed by atoms with E-state index >= 15 is 0 Å². The van der Waals surface area contributed by atoms with Gasteiger partial charge in [-0.05, 0) is 12.7 Å². The van der Waals surface area contributed by atoms with Gasteiger partial charge in [0.15, 0.2) is 0 Å². The van der Waals surface area contributed by atoms with Crippen molar-refractivity contribution in [1.29, 1.82) is 0 Å². The van der Waals surface area contributed by atoms with E-state index in [-0.39, 0.29) is 11.9 Å². The number of nitrogens with one attached hydrogen (secondary N) is 1. The van der Waals surface area contributed by atoms with Crippen molar-refractivity contribution in [2.45, 2.75) is 31.8 Å². The summed E-state index contributed by atoms with van der Waals surface area (Å²) in [4.78, 5) is 11.4. The molecule has 2 atom stereocenters. The Hall–Kier alpha value is -0.660. The first-order chi connectivity index (χ1) is 6.65. The van der Waals surface area contributed by atoms with Gasteiger partial charge in [-0.1, -0.05) is 6.92 Å². The number of rotatable bonds is 6. The van der Waals surface area contributed by atoms with Crippen molar-refractivity contribution in [3.05, 3.63) is 0 Å². The molecule has 0 fully saturated rings. The molecule has 0 radical (unpaired) electrons. The normalized spacial score (nSPS) is 14.1. The number of thioether (sulfide) groups is 1. The highest BCUT2D eigenvalue weighted by molar-refractivity contribution is 7.98. The largest absolute Gasteiger partial charge is 0.351 e. The first-order valence-electron chi connectivity index (χ1n) is 4.64. The Morgan fingerprint density at radius 3 is 2.79 bits per heavy atom. The SMILES string of the molecule is C#CCC(N)C(=O)NC(CC)CSC. The van der Waals surface area contributed by atoms with Gasteiger partial charge < -0.3 is 11.1 Å². The predicted octanol–water partition coefficient (Wildman–Crippen LogP) is 0.595. The van der Waals surface area contributed by atoms with Crippen molar-refractivity contribution in [3.63, 3.8) is 0 Å². The fourth-order valence-electron chi connectivity index (χ4n) is 0.991. The highest BCUT2D eigenvalue weighted by Gasteiger charge is 2.15. The topological polar surface area (TPSA) is 55.1 Å². The monoisotopic (exact) mass is 214 g/mol. The fourth-order valence-corrected chi connectivity index (χ4v) is 1.71. The molecule has 1 amide bonds. The van der Waals surface area contributed by atoms with Gasteiger partial charge >= 0.3 is 0 Å². The summed E-state index contributed by atoms with van der Waals surface area (Å²) in [5.41, 5.74) is 5.57. The molecule has 80 valence electrons. The van der Waals surface area contributed by atoms with Gasteiger partial charge in [0.2, 0.25) is 5.91 Å². The summed E-state index contributed by atoms with van der Waals surface area (Å²) >= 11 is 1.71. The fraction of sp³-hybridized carbons (Fsp3) is 0.700. The number of nitrogens with two attached hydrogens (primary N) is 1. The van der Waals surface area contributed by atoms with Crippen molar-refractivity contribution in [3.8, 4) is 12.3 Å². The van der Waals surface area contributed by atoms with Gasteiger partial charge in [0.1, 0.15) is 0 Å². The molecule has 0 heterocycles. The third-order valence-corrected chi connectivity index (χ3v) is 2.62. The molecule has 14 heavy (non-hydrogen) atoms. The first kappa shape index (κ1) is 13.3. The van der Waals surface area contributed by atoms with E-state index in [0.717, 1.165) is 12.2 Å². The van der Waals surface area contributed by atoms with Crippen LogP contribution in [-0.4, -0.2) is 30.0 Å². The van der Waals surface area contributed by atoms with Gasteiger partial charge in [-0.15, -0.1) is 12.3 Å². The van der Waals surface area contributed by atoms with Gasteiger partial charge in [-0.25, -0.2) is 0 Å². The Morgan fingerprint density at radius 1 is 1.71 bits per heavy atom. The number of amides is 1. The summed E-state index contributed by atoms with van der Waals surface area (Å²) in [5.74, 6) is 3.14. The van der Waals surface area contributed by atoms with Gasteiger partial charge in [0, 0.05) is 18.2 Å². The molecule has 0 bridgehead atoms.